The van der Waals surface area contributed by atoms with Crippen LogP contribution < -0.4 is 9.64 Å². The van der Waals surface area contributed by atoms with Crippen molar-refractivity contribution in [1.82, 2.24) is 0 Å². The fourth-order valence-corrected chi connectivity index (χ4v) is 1.70. The summed E-state index contributed by atoms with van der Waals surface area (Å²) in [6.07, 6.45) is 1.95. The van der Waals surface area contributed by atoms with Crippen molar-refractivity contribution < 1.29 is 9.53 Å². The molecule has 0 aliphatic carbocycles. The van der Waals surface area contributed by atoms with Crippen LogP contribution in [0.1, 0.15) is 5.56 Å². The van der Waals surface area contributed by atoms with E-state index < -0.39 is 0 Å². The van der Waals surface area contributed by atoms with Crippen molar-refractivity contribution in [2.75, 3.05) is 12.0 Å². The maximum absolute atomic E-state index is 11.0. The summed E-state index contributed by atoms with van der Waals surface area (Å²) >= 11 is 0. The van der Waals surface area contributed by atoms with Crippen molar-refractivity contribution in [3.8, 4) is 5.75 Å². The first kappa shape index (κ1) is 12.2. The Morgan fingerprint density at radius 2 is 1.72 bits per heavy atom. The third kappa shape index (κ3) is 2.88. The lowest BCUT2D eigenvalue weighted by molar-refractivity contribution is 0.415. The number of hydrogen-bond donors (Lipinski definition) is 0. The normalized spacial score (nSPS) is 9.83. The van der Waals surface area contributed by atoms with Crippen molar-refractivity contribution in [2.24, 2.45) is 0 Å². The van der Waals surface area contributed by atoms with Gasteiger partial charge in [-0.25, -0.2) is 0 Å². The molecule has 3 nitrogen and oxygen atoms in total. The minimum absolute atomic E-state index is 0.511. The molecule has 0 saturated carbocycles. The Morgan fingerprint density at radius 1 is 1.06 bits per heavy atom. The number of carbonyl (C=O) groups excluding carboxylic acids is 1. The van der Waals surface area contributed by atoms with Gasteiger partial charge in [-0.05, 0) is 29.8 Å². The Labute approximate surface area is 107 Å². The van der Waals surface area contributed by atoms with Crippen LogP contribution in [0.5, 0.6) is 5.75 Å². The lowest BCUT2D eigenvalue weighted by Gasteiger charge is -2.16. The molecule has 3 heteroatoms. The van der Waals surface area contributed by atoms with Gasteiger partial charge in [-0.1, -0.05) is 30.3 Å². The predicted molar refractivity (Wildman–Crippen MR) is 71.3 cm³/mol. The van der Waals surface area contributed by atoms with E-state index in [2.05, 4.69) is 0 Å². The van der Waals surface area contributed by atoms with Gasteiger partial charge < -0.3 is 4.74 Å². The molecule has 0 fully saturated rings. The summed E-state index contributed by atoms with van der Waals surface area (Å²) in [5, 5.41) is 0. The highest BCUT2D eigenvalue weighted by Crippen LogP contribution is 2.19. The monoisotopic (exact) mass is 240 g/mol. The topological polar surface area (TPSA) is 29.5 Å². The number of rotatable bonds is 5. The second-order valence-corrected chi connectivity index (χ2v) is 3.86. The molecule has 0 saturated heterocycles. The average molecular weight is 240 g/mol. The summed E-state index contributed by atoms with van der Waals surface area (Å²) in [6.45, 7) is 0.511. The molecule has 0 aliphatic rings. The molecule has 0 aliphatic heterocycles. The Kier molecular flexibility index (Phi) is 3.97. The van der Waals surface area contributed by atoms with Gasteiger partial charge in [-0.3, -0.25) is 9.69 Å². The maximum Gasteiger partial charge on any atom is 0.317 e. The number of ether oxygens (including phenoxy) is 1. The minimum Gasteiger partial charge on any atom is -0.497 e. The molecule has 18 heavy (non-hydrogen) atoms. The molecule has 0 N–H and O–H groups in total. The van der Waals surface area contributed by atoms with Crippen LogP contribution in [-0.4, -0.2) is 13.5 Å². The van der Waals surface area contributed by atoms with Crippen LogP contribution in [0.4, 0.5) is 5.69 Å². The molecule has 1 amide bonds. The van der Waals surface area contributed by atoms with Crippen molar-refractivity contribution in [2.45, 2.75) is 6.54 Å². The van der Waals surface area contributed by atoms with Gasteiger partial charge in [-0.2, -0.15) is 0 Å². The highest BCUT2D eigenvalue weighted by Gasteiger charge is 2.07. The molecule has 91 valence electrons. The van der Waals surface area contributed by atoms with Gasteiger partial charge in [-0.15, -0.1) is 0 Å². The Balaban J connectivity index is 2.15. The average Bonchev–Trinajstić information content (AvgIpc) is 2.46. The van der Waals surface area contributed by atoms with Crippen LogP contribution in [0.3, 0.4) is 0 Å². The minimum atomic E-state index is 0.511. The third-order valence-corrected chi connectivity index (χ3v) is 2.68. The summed E-state index contributed by atoms with van der Waals surface area (Å²) in [4.78, 5) is 12.6. The highest BCUT2D eigenvalue weighted by molar-refractivity contribution is 5.75. The van der Waals surface area contributed by atoms with Gasteiger partial charge in [0, 0.05) is 5.69 Å². The molecule has 1 radical (unpaired) electrons. The van der Waals surface area contributed by atoms with Crippen LogP contribution in [0.25, 0.3) is 0 Å². The van der Waals surface area contributed by atoms with E-state index in [1.165, 1.54) is 4.90 Å². The molecule has 0 atom stereocenters. The Bertz CT molecular complexity index is 494. The number of amides is 1. The van der Waals surface area contributed by atoms with Crippen LogP contribution in [0, 0.1) is 0 Å². The molecule has 0 heterocycles. The molecule has 2 aromatic carbocycles. The Hall–Kier alpha value is -2.29. The summed E-state index contributed by atoms with van der Waals surface area (Å²) < 4.78 is 5.08. The largest absolute Gasteiger partial charge is 0.497 e. The van der Waals surface area contributed by atoms with E-state index >= 15 is 0 Å². The zero-order valence-electron chi connectivity index (χ0n) is 10.2. The van der Waals surface area contributed by atoms with E-state index in [0.29, 0.717) is 6.54 Å². The number of nitrogens with zero attached hydrogens (tertiary/aromatic N) is 1. The second-order valence-electron chi connectivity index (χ2n) is 3.86. The van der Waals surface area contributed by atoms with E-state index in [1.807, 2.05) is 61.0 Å². The molecule has 0 unspecified atom stereocenters. The lowest BCUT2D eigenvalue weighted by Crippen LogP contribution is -2.20. The molecule has 2 rings (SSSR count). The van der Waals surface area contributed by atoms with Gasteiger partial charge in [0.25, 0.3) is 0 Å². The first-order valence-electron chi connectivity index (χ1n) is 5.67. The van der Waals surface area contributed by atoms with Crippen LogP contribution in [-0.2, 0) is 11.3 Å². The van der Waals surface area contributed by atoms with Gasteiger partial charge in [0.2, 0.25) is 0 Å². The zero-order chi connectivity index (χ0) is 12.8. The first-order chi connectivity index (χ1) is 8.83. The maximum atomic E-state index is 11.0. The van der Waals surface area contributed by atoms with Crippen LogP contribution in [0.2, 0.25) is 0 Å². The summed E-state index contributed by atoms with van der Waals surface area (Å²) in [5.74, 6) is 0.768. The fraction of sp³-hybridized carbons (Fsp3) is 0.133. The number of hydrogen-bond acceptors (Lipinski definition) is 2. The third-order valence-electron chi connectivity index (χ3n) is 2.68. The van der Waals surface area contributed by atoms with Crippen LogP contribution >= 0.6 is 0 Å². The Morgan fingerprint density at radius 3 is 2.28 bits per heavy atom. The highest BCUT2D eigenvalue weighted by atomic mass is 16.5. The quantitative estimate of drug-likeness (QED) is 0.752. The molecule has 0 bridgehead atoms. The molecular weight excluding hydrogens is 226 g/mol. The van der Waals surface area contributed by atoms with E-state index in [1.54, 1.807) is 7.11 Å². The van der Waals surface area contributed by atoms with Gasteiger partial charge in [0.1, 0.15) is 5.75 Å². The first-order valence-corrected chi connectivity index (χ1v) is 5.67. The lowest BCUT2D eigenvalue weighted by atomic mass is 10.2. The summed E-state index contributed by atoms with van der Waals surface area (Å²) in [6, 6.07) is 17.1. The van der Waals surface area contributed by atoms with Crippen molar-refractivity contribution in [1.29, 1.82) is 0 Å². The van der Waals surface area contributed by atoms with E-state index in [4.69, 9.17) is 4.74 Å². The smallest absolute Gasteiger partial charge is 0.317 e. The zero-order valence-corrected chi connectivity index (χ0v) is 10.2. The molecule has 2 aromatic rings. The predicted octanol–water partition coefficient (Wildman–Crippen LogP) is 2.77. The summed E-state index contributed by atoms with van der Waals surface area (Å²) in [7, 11) is 1.61. The van der Waals surface area contributed by atoms with Crippen LogP contribution in [0.15, 0.2) is 54.6 Å². The van der Waals surface area contributed by atoms with Gasteiger partial charge in [0.05, 0.1) is 13.7 Å². The van der Waals surface area contributed by atoms with Crippen molar-refractivity contribution in [3.05, 3.63) is 60.2 Å². The van der Waals surface area contributed by atoms with Crippen molar-refractivity contribution >= 4 is 12.1 Å². The number of benzene rings is 2. The van der Waals surface area contributed by atoms with Crippen molar-refractivity contribution in [3.63, 3.8) is 0 Å². The fourth-order valence-electron chi connectivity index (χ4n) is 1.70. The molecule has 0 aromatic heterocycles. The standard InChI is InChI=1S/C15H14NO2/c1-18-15-9-7-14(8-10-15)16(12-17)11-13-5-3-2-4-6-13/h2-10H,11H2,1H3. The van der Waals surface area contributed by atoms with E-state index in [9.17, 15) is 4.79 Å². The SMILES string of the molecule is COc1ccc(N([C]=O)Cc2ccccc2)cc1. The second kappa shape index (κ2) is 5.87. The number of anilines is 1. The van der Waals surface area contributed by atoms with E-state index in [0.717, 1.165) is 17.0 Å². The number of methoxy groups -OCH3 is 1. The molecule has 0 spiro atoms. The van der Waals surface area contributed by atoms with E-state index in [-0.39, 0.29) is 0 Å². The molecular formula is C15H14NO2. The van der Waals surface area contributed by atoms with Gasteiger partial charge >= 0.3 is 6.41 Å². The summed E-state index contributed by atoms with van der Waals surface area (Å²) in [5.41, 5.74) is 1.87. The van der Waals surface area contributed by atoms with Gasteiger partial charge in [0.15, 0.2) is 0 Å².